The van der Waals surface area contributed by atoms with Crippen LogP contribution in [0, 0.1) is 0 Å². The van der Waals surface area contributed by atoms with Crippen LogP contribution in [-0.4, -0.2) is 12.1 Å². The topological polar surface area (TPSA) is 34.1 Å². The first-order valence-corrected chi connectivity index (χ1v) is 4.42. The second-order valence-electron chi connectivity index (χ2n) is 1.79. The van der Waals surface area contributed by atoms with Gasteiger partial charge in [-0.05, 0) is 37.9 Å². The van der Waals surface area contributed by atoms with E-state index < -0.39 is 0 Å². The number of halogens is 2. The maximum Gasteiger partial charge on any atom is 0.107 e. The predicted molar refractivity (Wildman–Crippen MR) is 50.3 cm³/mol. The Morgan fingerprint density at radius 1 is 1.55 bits per heavy atom. The summed E-state index contributed by atoms with van der Waals surface area (Å²) in [5.41, 5.74) is 3.47. The zero-order valence-corrected chi connectivity index (χ0v) is 8.94. The second kappa shape index (κ2) is 4.04. The Hall–Kier alpha value is -0.130. The van der Waals surface area contributed by atoms with E-state index in [1.165, 1.54) is 0 Å². The van der Waals surface area contributed by atoms with Crippen LogP contribution >= 0.6 is 31.9 Å². The third-order valence-electron chi connectivity index (χ3n) is 1.03. The summed E-state index contributed by atoms with van der Waals surface area (Å²) in [6.07, 6.45) is 1.66. The van der Waals surface area contributed by atoms with E-state index >= 15 is 0 Å². The van der Waals surface area contributed by atoms with Gasteiger partial charge in [-0.25, -0.2) is 4.98 Å². The highest BCUT2D eigenvalue weighted by Gasteiger charge is 1.99. The minimum absolute atomic E-state index is 0.783. The Morgan fingerprint density at radius 3 is 2.82 bits per heavy atom. The van der Waals surface area contributed by atoms with Crippen molar-refractivity contribution in [2.24, 2.45) is 0 Å². The normalized spacial score (nSPS) is 9.73. The van der Waals surface area contributed by atoms with Crippen molar-refractivity contribution in [3.63, 3.8) is 0 Å². The summed E-state index contributed by atoms with van der Waals surface area (Å²) in [5, 5.41) is 0. The molecule has 1 rings (SSSR count). The van der Waals surface area contributed by atoms with Crippen molar-refractivity contribution in [2.45, 2.75) is 0 Å². The molecular weight excluding hydrogens is 276 g/mol. The van der Waals surface area contributed by atoms with Gasteiger partial charge >= 0.3 is 0 Å². The average molecular weight is 282 g/mol. The molecule has 1 aromatic heterocycles. The monoisotopic (exact) mass is 280 g/mol. The van der Waals surface area contributed by atoms with Gasteiger partial charge in [0.05, 0.1) is 19.0 Å². The summed E-state index contributed by atoms with van der Waals surface area (Å²) >= 11 is 6.57. The average Bonchev–Trinajstić information content (AvgIpc) is 1.95. The van der Waals surface area contributed by atoms with Gasteiger partial charge in [-0.1, -0.05) is 0 Å². The molecule has 0 unspecified atom stereocenters. The highest BCUT2D eigenvalue weighted by Crippen LogP contribution is 2.23. The van der Waals surface area contributed by atoms with E-state index in [2.05, 4.69) is 42.3 Å². The van der Waals surface area contributed by atoms with Crippen LogP contribution in [0.3, 0.4) is 0 Å². The standard InChI is InChI=1S/C6H6Br2N2O/c1-11-10-5-3-9-6(8)2-4(5)7/h2-3,10H,1H3. The van der Waals surface area contributed by atoms with E-state index in [4.69, 9.17) is 4.84 Å². The van der Waals surface area contributed by atoms with Crippen molar-refractivity contribution < 1.29 is 4.84 Å². The molecular formula is C6H6Br2N2O. The Bertz CT molecular complexity index is 254. The van der Waals surface area contributed by atoms with Crippen LogP contribution in [0.15, 0.2) is 21.3 Å². The molecule has 3 nitrogen and oxygen atoms in total. The fourth-order valence-electron chi connectivity index (χ4n) is 0.593. The predicted octanol–water partition coefficient (Wildman–Crippen LogP) is 2.58. The van der Waals surface area contributed by atoms with Crippen LogP contribution in [0.25, 0.3) is 0 Å². The highest BCUT2D eigenvalue weighted by molar-refractivity contribution is 9.11. The number of aromatic nitrogens is 1. The number of hydrogen-bond donors (Lipinski definition) is 1. The van der Waals surface area contributed by atoms with Crippen molar-refractivity contribution >= 4 is 37.5 Å². The number of nitrogens with zero attached hydrogens (tertiary/aromatic N) is 1. The van der Waals surface area contributed by atoms with Gasteiger partial charge in [0.25, 0.3) is 0 Å². The number of nitrogens with one attached hydrogen (secondary N) is 1. The van der Waals surface area contributed by atoms with Gasteiger partial charge in [0, 0.05) is 4.47 Å². The zero-order valence-electron chi connectivity index (χ0n) is 5.77. The summed E-state index contributed by atoms with van der Waals surface area (Å²) < 4.78 is 1.69. The van der Waals surface area contributed by atoms with Gasteiger partial charge in [-0.15, -0.1) is 0 Å². The summed E-state index contributed by atoms with van der Waals surface area (Å²) in [5.74, 6) is 0. The van der Waals surface area contributed by atoms with Crippen molar-refractivity contribution in [1.82, 2.24) is 4.98 Å². The summed E-state index contributed by atoms with van der Waals surface area (Å²) in [4.78, 5) is 8.72. The summed E-state index contributed by atoms with van der Waals surface area (Å²) in [7, 11) is 1.55. The van der Waals surface area contributed by atoms with E-state index in [1.54, 1.807) is 13.3 Å². The highest BCUT2D eigenvalue weighted by atomic mass is 79.9. The Kier molecular flexibility index (Phi) is 3.29. The van der Waals surface area contributed by atoms with Crippen LogP contribution in [0.1, 0.15) is 0 Å². The van der Waals surface area contributed by atoms with Crippen molar-refractivity contribution in [2.75, 3.05) is 12.6 Å². The first kappa shape index (κ1) is 8.96. The Balaban J connectivity index is 2.90. The second-order valence-corrected chi connectivity index (χ2v) is 3.46. The molecule has 5 heteroatoms. The lowest BCUT2D eigenvalue weighted by atomic mass is 10.4. The van der Waals surface area contributed by atoms with Gasteiger partial charge in [-0.2, -0.15) is 0 Å². The quantitative estimate of drug-likeness (QED) is 0.668. The lowest BCUT2D eigenvalue weighted by Crippen LogP contribution is -1.96. The summed E-state index contributed by atoms with van der Waals surface area (Å²) in [6, 6.07) is 1.83. The van der Waals surface area contributed by atoms with E-state index in [0.29, 0.717) is 0 Å². The first-order chi connectivity index (χ1) is 5.24. The molecule has 1 aromatic rings. The van der Waals surface area contributed by atoms with Crippen LogP contribution in [0.2, 0.25) is 0 Å². The number of anilines is 1. The Morgan fingerprint density at radius 2 is 2.27 bits per heavy atom. The zero-order chi connectivity index (χ0) is 8.27. The van der Waals surface area contributed by atoms with E-state index in [0.717, 1.165) is 14.8 Å². The van der Waals surface area contributed by atoms with E-state index in [-0.39, 0.29) is 0 Å². The molecule has 1 N–H and O–H groups in total. The minimum atomic E-state index is 0.783. The van der Waals surface area contributed by atoms with Crippen LogP contribution in [0.5, 0.6) is 0 Å². The van der Waals surface area contributed by atoms with Gasteiger partial charge < -0.3 is 0 Å². The lowest BCUT2D eigenvalue weighted by Gasteiger charge is -2.03. The first-order valence-electron chi connectivity index (χ1n) is 2.84. The molecule has 0 aliphatic carbocycles. The van der Waals surface area contributed by atoms with Gasteiger partial charge in [-0.3, -0.25) is 10.3 Å². The van der Waals surface area contributed by atoms with Crippen LogP contribution in [0.4, 0.5) is 5.69 Å². The van der Waals surface area contributed by atoms with Gasteiger partial charge in [0.1, 0.15) is 4.60 Å². The molecule has 0 saturated carbocycles. The molecule has 0 spiro atoms. The maximum absolute atomic E-state index is 4.71. The number of hydrogen-bond acceptors (Lipinski definition) is 3. The molecule has 0 fully saturated rings. The van der Waals surface area contributed by atoms with Crippen molar-refractivity contribution in [3.8, 4) is 0 Å². The largest absolute Gasteiger partial charge is 0.279 e. The van der Waals surface area contributed by atoms with Crippen molar-refractivity contribution in [1.29, 1.82) is 0 Å². The van der Waals surface area contributed by atoms with E-state index in [1.807, 2.05) is 6.07 Å². The molecule has 60 valence electrons. The van der Waals surface area contributed by atoms with Crippen LogP contribution < -0.4 is 5.48 Å². The molecule has 11 heavy (non-hydrogen) atoms. The van der Waals surface area contributed by atoms with E-state index in [9.17, 15) is 0 Å². The Labute approximate surface area is 81.4 Å². The fraction of sp³-hybridized carbons (Fsp3) is 0.167. The molecule has 0 saturated heterocycles. The maximum atomic E-state index is 4.71. The molecule has 0 amide bonds. The van der Waals surface area contributed by atoms with Crippen molar-refractivity contribution in [3.05, 3.63) is 21.3 Å². The third kappa shape index (κ3) is 2.43. The SMILES string of the molecule is CONc1cnc(Br)cc1Br. The summed E-state index contributed by atoms with van der Waals surface area (Å²) in [6.45, 7) is 0. The molecule has 0 bridgehead atoms. The number of rotatable bonds is 2. The lowest BCUT2D eigenvalue weighted by molar-refractivity contribution is 0.270. The minimum Gasteiger partial charge on any atom is -0.279 e. The smallest absolute Gasteiger partial charge is 0.107 e. The molecule has 0 aliphatic rings. The van der Waals surface area contributed by atoms with Gasteiger partial charge in [0.15, 0.2) is 0 Å². The third-order valence-corrected chi connectivity index (χ3v) is 2.12. The molecule has 1 heterocycles. The molecule has 0 atom stereocenters. The molecule has 0 radical (unpaired) electrons. The van der Waals surface area contributed by atoms with Gasteiger partial charge in [0.2, 0.25) is 0 Å². The fourth-order valence-corrected chi connectivity index (χ4v) is 1.63. The van der Waals surface area contributed by atoms with Crippen LogP contribution in [-0.2, 0) is 4.84 Å². The molecule has 0 aliphatic heterocycles. The molecule has 0 aromatic carbocycles. The number of pyridine rings is 1.